The Balaban J connectivity index is 2.10. The van der Waals surface area contributed by atoms with Gasteiger partial charge >= 0.3 is 0 Å². The second-order valence-corrected chi connectivity index (χ2v) is 6.01. The molecule has 0 aromatic carbocycles. The van der Waals surface area contributed by atoms with E-state index in [1.165, 1.54) is 32.4 Å². The van der Waals surface area contributed by atoms with Gasteiger partial charge in [-0.25, -0.2) is 0 Å². The van der Waals surface area contributed by atoms with Gasteiger partial charge in [0.15, 0.2) is 0 Å². The topological polar surface area (TPSA) is 38.5 Å². The molecule has 0 radical (unpaired) electrons. The molecule has 1 unspecified atom stereocenters. The second-order valence-electron chi connectivity index (χ2n) is 6.01. The van der Waals surface area contributed by atoms with Crippen LogP contribution >= 0.6 is 0 Å². The van der Waals surface area contributed by atoms with E-state index in [0.717, 1.165) is 26.0 Å². The van der Waals surface area contributed by atoms with Crippen molar-refractivity contribution in [2.45, 2.75) is 57.1 Å². The first-order valence-electron chi connectivity index (χ1n) is 6.67. The Hall–Kier alpha value is -0.120. The fourth-order valence-corrected chi connectivity index (χ4v) is 3.39. The van der Waals surface area contributed by atoms with Gasteiger partial charge in [0.05, 0.1) is 5.60 Å². The van der Waals surface area contributed by atoms with Gasteiger partial charge in [0.1, 0.15) is 0 Å². The molecule has 2 N–H and O–H groups in total. The first kappa shape index (κ1) is 12.3. The molecule has 2 fully saturated rings. The van der Waals surface area contributed by atoms with E-state index >= 15 is 0 Å². The molecule has 94 valence electrons. The minimum atomic E-state index is -0.00489. The maximum absolute atomic E-state index is 6.09. The summed E-state index contributed by atoms with van der Waals surface area (Å²) in [5.41, 5.74) is 6.30. The van der Waals surface area contributed by atoms with Gasteiger partial charge in [-0.3, -0.25) is 4.90 Å². The Bertz CT molecular complexity index is 236. The van der Waals surface area contributed by atoms with Gasteiger partial charge < -0.3 is 10.5 Å². The van der Waals surface area contributed by atoms with Gasteiger partial charge in [0.2, 0.25) is 0 Å². The number of nitrogens with two attached hydrogens (primary N) is 1. The van der Waals surface area contributed by atoms with Crippen molar-refractivity contribution in [3.8, 4) is 0 Å². The van der Waals surface area contributed by atoms with Crippen LogP contribution in [0.2, 0.25) is 0 Å². The van der Waals surface area contributed by atoms with Crippen LogP contribution in [0.15, 0.2) is 0 Å². The Morgan fingerprint density at radius 3 is 2.44 bits per heavy atom. The monoisotopic (exact) mass is 226 g/mol. The summed E-state index contributed by atoms with van der Waals surface area (Å²) in [7, 11) is 0. The van der Waals surface area contributed by atoms with Crippen LogP contribution in [0.3, 0.4) is 0 Å². The molecule has 3 heteroatoms. The summed E-state index contributed by atoms with van der Waals surface area (Å²) in [6.07, 6.45) is 6.24. The van der Waals surface area contributed by atoms with Crippen molar-refractivity contribution in [1.29, 1.82) is 0 Å². The Morgan fingerprint density at radius 2 is 1.88 bits per heavy atom. The predicted molar refractivity (Wildman–Crippen MR) is 66.5 cm³/mol. The van der Waals surface area contributed by atoms with Crippen LogP contribution in [0.5, 0.6) is 0 Å². The zero-order valence-corrected chi connectivity index (χ0v) is 10.8. The van der Waals surface area contributed by atoms with Crippen molar-refractivity contribution in [3.63, 3.8) is 0 Å². The lowest BCUT2D eigenvalue weighted by Gasteiger charge is -2.51. The molecule has 2 aliphatic heterocycles. The quantitative estimate of drug-likeness (QED) is 0.780. The minimum Gasteiger partial charge on any atom is -0.375 e. The average Bonchev–Trinajstić information content (AvgIpc) is 2.29. The fraction of sp³-hybridized carbons (Fsp3) is 1.00. The van der Waals surface area contributed by atoms with Gasteiger partial charge in [0.25, 0.3) is 0 Å². The molecule has 16 heavy (non-hydrogen) atoms. The first-order chi connectivity index (χ1) is 7.58. The molecule has 0 spiro atoms. The van der Waals surface area contributed by atoms with Crippen LogP contribution in [0.4, 0.5) is 0 Å². The van der Waals surface area contributed by atoms with Crippen LogP contribution in [0.25, 0.3) is 0 Å². The van der Waals surface area contributed by atoms with Gasteiger partial charge in [-0.05, 0) is 52.6 Å². The van der Waals surface area contributed by atoms with E-state index in [1.54, 1.807) is 0 Å². The van der Waals surface area contributed by atoms with Crippen molar-refractivity contribution in [3.05, 3.63) is 0 Å². The molecule has 0 amide bonds. The molecule has 2 heterocycles. The third-order valence-electron chi connectivity index (χ3n) is 4.22. The van der Waals surface area contributed by atoms with Crippen molar-refractivity contribution in [2.24, 2.45) is 5.73 Å². The number of hydrogen-bond donors (Lipinski definition) is 1. The summed E-state index contributed by atoms with van der Waals surface area (Å²) in [6, 6.07) is 0. The standard InChI is InChI=1S/C13H26N2O/c1-12(2)10-13(11-14,6-9-16-12)15-7-4-3-5-8-15/h3-11,14H2,1-2H3. The number of ether oxygens (including phenoxy) is 1. The molecule has 2 saturated heterocycles. The maximum Gasteiger partial charge on any atom is 0.0644 e. The van der Waals surface area contributed by atoms with Gasteiger partial charge in [-0.2, -0.15) is 0 Å². The van der Waals surface area contributed by atoms with Crippen LogP contribution < -0.4 is 5.73 Å². The zero-order chi connectivity index (χ0) is 11.6. The summed E-state index contributed by atoms with van der Waals surface area (Å²) in [5, 5.41) is 0. The summed E-state index contributed by atoms with van der Waals surface area (Å²) >= 11 is 0. The Kier molecular flexibility index (Phi) is 3.57. The van der Waals surface area contributed by atoms with E-state index in [4.69, 9.17) is 10.5 Å². The summed E-state index contributed by atoms with van der Waals surface area (Å²) in [5.74, 6) is 0. The number of rotatable bonds is 2. The smallest absolute Gasteiger partial charge is 0.0644 e. The second kappa shape index (κ2) is 4.63. The third-order valence-corrected chi connectivity index (χ3v) is 4.22. The molecule has 2 rings (SSSR count). The molecule has 1 atom stereocenters. The SMILES string of the molecule is CC1(C)CC(CN)(N2CCCCC2)CCO1. The van der Waals surface area contributed by atoms with E-state index < -0.39 is 0 Å². The van der Waals surface area contributed by atoms with E-state index in [-0.39, 0.29) is 11.1 Å². The zero-order valence-electron chi connectivity index (χ0n) is 10.8. The highest BCUT2D eigenvalue weighted by atomic mass is 16.5. The lowest BCUT2D eigenvalue weighted by Crippen LogP contribution is -2.61. The molecule has 0 saturated carbocycles. The van der Waals surface area contributed by atoms with Gasteiger partial charge in [0, 0.05) is 18.7 Å². The van der Waals surface area contributed by atoms with E-state index in [1.807, 2.05) is 0 Å². The number of piperidine rings is 1. The number of likely N-dealkylation sites (tertiary alicyclic amines) is 1. The minimum absolute atomic E-state index is 0.00489. The highest BCUT2D eigenvalue weighted by Crippen LogP contribution is 2.37. The van der Waals surface area contributed by atoms with E-state index in [9.17, 15) is 0 Å². The van der Waals surface area contributed by atoms with Crippen molar-refractivity contribution >= 4 is 0 Å². The molecular weight excluding hydrogens is 200 g/mol. The molecule has 2 aliphatic rings. The highest BCUT2D eigenvalue weighted by molar-refractivity contribution is 5.00. The van der Waals surface area contributed by atoms with Crippen molar-refractivity contribution in [2.75, 3.05) is 26.2 Å². The molecule has 0 aromatic rings. The Labute approximate surface area is 99.3 Å². The van der Waals surface area contributed by atoms with Crippen LogP contribution in [-0.2, 0) is 4.74 Å². The normalized spacial score (nSPS) is 36.2. The third kappa shape index (κ3) is 2.41. The van der Waals surface area contributed by atoms with Crippen LogP contribution in [-0.4, -0.2) is 42.3 Å². The van der Waals surface area contributed by atoms with E-state index in [0.29, 0.717) is 0 Å². The highest BCUT2D eigenvalue weighted by Gasteiger charge is 2.44. The lowest BCUT2D eigenvalue weighted by atomic mass is 9.79. The Morgan fingerprint density at radius 1 is 1.19 bits per heavy atom. The molecule has 3 nitrogen and oxygen atoms in total. The van der Waals surface area contributed by atoms with Gasteiger partial charge in [-0.15, -0.1) is 0 Å². The molecule has 0 bridgehead atoms. The first-order valence-corrected chi connectivity index (χ1v) is 6.67. The predicted octanol–water partition coefficient (Wildman–Crippen LogP) is 1.76. The largest absolute Gasteiger partial charge is 0.375 e. The average molecular weight is 226 g/mol. The van der Waals surface area contributed by atoms with Crippen molar-refractivity contribution < 1.29 is 4.74 Å². The number of hydrogen-bond acceptors (Lipinski definition) is 3. The lowest BCUT2D eigenvalue weighted by molar-refractivity contribution is -0.121. The summed E-state index contributed by atoms with van der Waals surface area (Å²) < 4.78 is 5.83. The van der Waals surface area contributed by atoms with Gasteiger partial charge in [-0.1, -0.05) is 6.42 Å². The van der Waals surface area contributed by atoms with Crippen molar-refractivity contribution in [1.82, 2.24) is 4.90 Å². The summed E-state index contributed by atoms with van der Waals surface area (Å²) in [4.78, 5) is 2.64. The molecule has 0 aliphatic carbocycles. The van der Waals surface area contributed by atoms with E-state index in [2.05, 4.69) is 18.7 Å². The molecular formula is C13H26N2O. The summed E-state index contributed by atoms with van der Waals surface area (Å²) in [6.45, 7) is 8.49. The number of nitrogens with zero attached hydrogens (tertiary/aromatic N) is 1. The van der Waals surface area contributed by atoms with Crippen LogP contribution in [0.1, 0.15) is 46.0 Å². The van der Waals surface area contributed by atoms with Crippen LogP contribution in [0, 0.1) is 0 Å². The maximum atomic E-state index is 6.09. The molecule has 0 aromatic heterocycles. The fourth-order valence-electron chi connectivity index (χ4n) is 3.39.